The molecule has 1 saturated carbocycles. The number of carbonyl (C=O) groups excluding carboxylic acids is 1. The van der Waals surface area contributed by atoms with Gasteiger partial charge in [0, 0.05) is 36.2 Å². The highest BCUT2D eigenvalue weighted by Crippen LogP contribution is 2.30. The zero-order valence-electron chi connectivity index (χ0n) is 11.7. The fourth-order valence-electron chi connectivity index (χ4n) is 2.83. The molecule has 0 bridgehead atoms. The largest absolute Gasteiger partial charge is 0.337 e. The van der Waals surface area contributed by atoms with Gasteiger partial charge in [-0.1, -0.05) is 22.0 Å². The van der Waals surface area contributed by atoms with Gasteiger partial charge in [0.15, 0.2) is 0 Å². The van der Waals surface area contributed by atoms with E-state index in [4.69, 9.17) is 0 Å². The van der Waals surface area contributed by atoms with Crippen molar-refractivity contribution in [3.8, 4) is 0 Å². The monoisotopic (exact) mass is 336 g/mol. The van der Waals surface area contributed by atoms with Crippen molar-refractivity contribution in [3.63, 3.8) is 0 Å². The maximum atomic E-state index is 12.5. The normalized spacial score (nSPS) is 20.8. The third-order valence-corrected chi connectivity index (χ3v) is 4.65. The van der Waals surface area contributed by atoms with Crippen molar-refractivity contribution >= 4 is 21.8 Å². The number of carbonyl (C=O) groups is 1. The second-order valence-electron chi connectivity index (χ2n) is 5.90. The first kappa shape index (κ1) is 14.1. The van der Waals surface area contributed by atoms with Crippen LogP contribution in [0.2, 0.25) is 0 Å². The van der Waals surface area contributed by atoms with Gasteiger partial charge in [-0.3, -0.25) is 4.79 Å². The SMILES string of the molecule is O=C(c1cccc(Br)c1)N1CCCN(CC2CC2)CC1. The van der Waals surface area contributed by atoms with Crippen LogP contribution in [0.1, 0.15) is 29.6 Å². The maximum Gasteiger partial charge on any atom is 0.253 e. The summed E-state index contributed by atoms with van der Waals surface area (Å²) in [5, 5.41) is 0. The number of nitrogens with zero attached hydrogens (tertiary/aromatic N) is 2. The zero-order valence-corrected chi connectivity index (χ0v) is 13.3. The zero-order chi connectivity index (χ0) is 13.9. The van der Waals surface area contributed by atoms with Crippen LogP contribution >= 0.6 is 15.9 Å². The molecule has 0 unspecified atom stereocenters. The molecule has 0 N–H and O–H groups in total. The lowest BCUT2D eigenvalue weighted by Gasteiger charge is -2.22. The van der Waals surface area contributed by atoms with E-state index in [-0.39, 0.29) is 5.91 Å². The fraction of sp³-hybridized carbons (Fsp3) is 0.562. The Kier molecular flexibility index (Phi) is 4.41. The average molecular weight is 337 g/mol. The number of hydrogen-bond donors (Lipinski definition) is 0. The van der Waals surface area contributed by atoms with E-state index in [1.54, 1.807) is 0 Å². The molecule has 3 rings (SSSR count). The Bertz CT molecular complexity index is 487. The average Bonchev–Trinajstić information content (AvgIpc) is 3.26. The lowest BCUT2D eigenvalue weighted by atomic mass is 10.2. The van der Waals surface area contributed by atoms with Gasteiger partial charge in [-0.15, -0.1) is 0 Å². The second-order valence-corrected chi connectivity index (χ2v) is 6.82. The van der Waals surface area contributed by atoms with Crippen LogP contribution in [0.25, 0.3) is 0 Å². The summed E-state index contributed by atoms with van der Waals surface area (Å²) in [4.78, 5) is 17.1. The molecule has 1 aromatic rings. The molecule has 1 heterocycles. The van der Waals surface area contributed by atoms with Crippen LogP contribution in [0.5, 0.6) is 0 Å². The lowest BCUT2D eigenvalue weighted by molar-refractivity contribution is 0.0761. The van der Waals surface area contributed by atoms with Crippen LogP contribution in [0.15, 0.2) is 28.7 Å². The molecule has 1 amide bonds. The Balaban J connectivity index is 1.60. The molecule has 1 aromatic carbocycles. The Labute approximate surface area is 129 Å². The standard InChI is InChI=1S/C16H21BrN2O/c17-15-4-1-3-14(11-15)16(20)19-8-2-7-18(9-10-19)12-13-5-6-13/h1,3-4,11,13H,2,5-10,12H2. The summed E-state index contributed by atoms with van der Waals surface area (Å²) in [5.74, 6) is 1.10. The summed E-state index contributed by atoms with van der Waals surface area (Å²) >= 11 is 3.43. The van der Waals surface area contributed by atoms with Crippen LogP contribution in [-0.4, -0.2) is 48.4 Å². The minimum atomic E-state index is 0.166. The first-order valence-electron chi connectivity index (χ1n) is 7.49. The van der Waals surface area contributed by atoms with Crippen LogP contribution in [0, 0.1) is 5.92 Å². The third kappa shape index (κ3) is 3.61. The van der Waals surface area contributed by atoms with E-state index in [0.717, 1.165) is 48.6 Å². The summed E-state index contributed by atoms with van der Waals surface area (Å²) in [6.07, 6.45) is 3.89. The molecular formula is C16H21BrN2O. The van der Waals surface area contributed by atoms with Crippen LogP contribution in [0.3, 0.4) is 0 Å². The highest BCUT2D eigenvalue weighted by Gasteiger charge is 2.26. The number of halogens is 1. The van der Waals surface area contributed by atoms with Gasteiger partial charge in [-0.25, -0.2) is 0 Å². The number of hydrogen-bond acceptors (Lipinski definition) is 2. The first-order valence-corrected chi connectivity index (χ1v) is 8.29. The Morgan fingerprint density at radius 3 is 2.80 bits per heavy atom. The molecule has 2 aliphatic rings. The van der Waals surface area contributed by atoms with E-state index >= 15 is 0 Å². The number of benzene rings is 1. The third-order valence-electron chi connectivity index (χ3n) is 4.16. The number of amides is 1. The van der Waals surface area contributed by atoms with Crippen molar-refractivity contribution in [3.05, 3.63) is 34.3 Å². The summed E-state index contributed by atoms with van der Waals surface area (Å²) in [6.45, 7) is 5.14. The van der Waals surface area contributed by atoms with Crippen LogP contribution in [0.4, 0.5) is 0 Å². The smallest absolute Gasteiger partial charge is 0.253 e. The molecule has 3 nitrogen and oxygen atoms in total. The number of rotatable bonds is 3. The molecule has 1 aliphatic heterocycles. The molecule has 20 heavy (non-hydrogen) atoms. The molecule has 1 saturated heterocycles. The highest BCUT2D eigenvalue weighted by molar-refractivity contribution is 9.10. The Morgan fingerprint density at radius 2 is 2.05 bits per heavy atom. The molecule has 0 radical (unpaired) electrons. The first-order chi connectivity index (χ1) is 9.72. The van der Waals surface area contributed by atoms with Crippen LogP contribution < -0.4 is 0 Å². The molecule has 2 fully saturated rings. The lowest BCUT2D eigenvalue weighted by Crippen LogP contribution is -2.35. The van der Waals surface area contributed by atoms with Crippen LogP contribution in [-0.2, 0) is 0 Å². The van der Waals surface area contributed by atoms with Gasteiger partial charge in [0.25, 0.3) is 5.91 Å². The van der Waals surface area contributed by atoms with E-state index < -0.39 is 0 Å². The van der Waals surface area contributed by atoms with Crippen molar-refractivity contribution in [1.82, 2.24) is 9.80 Å². The summed E-state index contributed by atoms with van der Waals surface area (Å²) in [7, 11) is 0. The van der Waals surface area contributed by atoms with Gasteiger partial charge in [0.2, 0.25) is 0 Å². The second kappa shape index (κ2) is 6.27. The van der Waals surface area contributed by atoms with E-state index in [0.29, 0.717) is 0 Å². The topological polar surface area (TPSA) is 23.6 Å². The van der Waals surface area contributed by atoms with Crippen molar-refractivity contribution in [1.29, 1.82) is 0 Å². The molecule has 4 heteroatoms. The fourth-order valence-corrected chi connectivity index (χ4v) is 3.23. The summed E-state index contributed by atoms with van der Waals surface area (Å²) in [6, 6.07) is 7.69. The highest BCUT2D eigenvalue weighted by atomic mass is 79.9. The molecule has 108 valence electrons. The Morgan fingerprint density at radius 1 is 1.20 bits per heavy atom. The van der Waals surface area contributed by atoms with Gasteiger partial charge in [0.05, 0.1) is 0 Å². The minimum Gasteiger partial charge on any atom is -0.337 e. The molecule has 0 atom stereocenters. The maximum absolute atomic E-state index is 12.5. The van der Waals surface area contributed by atoms with E-state index in [2.05, 4.69) is 20.8 Å². The van der Waals surface area contributed by atoms with E-state index in [9.17, 15) is 4.79 Å². The summed E-state index contributed by atoms with van der Waals surface area (Å²) < 4.78 is 0.966. The predicted octanol–water partition coefficient (Wildman–Crippen LogP) is 3.01. The Hall–Kier alpha value is -0.870. The van der Waals surface area contributed by atoms with E-state index in [1.165, 1.54) is 19.4 Å². The van der Waals surface area contributed by atoms with Gasteiger partial charge < -0.3 is 9.80 Å². The van der Waals surface area contributed by atoms with E-state index in [1.807, 2.05) is 29.2 Å². The van der Waals surface area contributed by atoms with Crippen molar-refractivity contribution < 1.29 is 4.79 Å². The molecule has 0 aromatic heterocycles. The van der Waals surface area contributed by atoms with Crippen molar-refractivity contribution in [2.24, 2.45) is 5.92 Å². The summed E-state index contributed by atoms with van der Waals surface area (Å²) in [5.41, 5.74) is 0.787. The minimum absolute atomic E-state index is 0.166. The predicted molar refractivity (Wildman–Crippen MR) is 83.8 cm³/mol. The van der Waals surface area contributed by atoms with Gasteiger partial charge >= 0.3 is 0 Å². The quantitative estimate of drug-likeness (QED) is 0.847. The van der Waals surface area contributed by atoms with Gasteiger partial charge in [-0.2, -0.15) is 0 Å². The van der Waals surface area contributed by atoms with Crippen molar-refractivity contribution in [2.45, 2.75) is 19.3 Å². The van der Waals surface area contributed by atoms with Gasteiger partial charge in [0.1, 0.15) is 0 Å². The molecular weight excluding hydrogens is 316 g/mol. The van der Waals surface area contributed by atoms with Gasteiger partial charge in [-0.05, 0) is 49.9 Å². The van der Waals surface area contributed by atoms with Crippen molar-refractivity contribution in [2.75, 3.05) is 32.7 Å². The molecule has 0 spiro atoms. The molecule has 1 aliphatic carbocycles.